The van der Waals surface area contributed by atoms with Gasteiger partial charge in [-0.1, -0.05) is 0 Å². The topological polar surface area (TPSA) is 39.1 Å². The minimum Gasteiger partial charge on any atom is -0.369 e. The SMILES string of the molecule is [2H]c1c([2H])c(N2C([2H])([2H])C([2H])([2H])NC([2H])([2H])C2([2H])[2H])c([2H])c([2H])c1C#N. The van der Waals surface area contributed by atoms with Crippen LogP contribution in [0.25, 0.3) is 0 Å². The third-order valence-electron chi connectivity index (χ3n) is 1.41. The van der Waals surface area contributed by atoms with Crippen LogP contribution in [0.1, 0.15) is 22.0 Å². The van der Waals surface area contributed by atoms with Gasteiger partial charge < -0.3 is 10.2 Å². The molecule has 1 aliphatic rings. The molecule has 0 spiro atoms. The highest BCUT2D eigenvalue weighted by Crippen LogP contribution is 2.15. The molecule has 0 radical (unpaired) electrons. The lowest BCUT2D eigenvalue weighted by atomic mass is 10.2. The fraction of sp³-hybridized carbons (Fsp3) is 0.364. The van der Waals surface area contributed by atoms with Gasteiger partial charge in [-0.2, -0.15) is 5.26 Å². The second kappa shape index (κ2) is 4.12. The maximum atomic E-state index is 8.97. The normalized spacial score (nSPS) is 43.2. The Kier molecular flexibility index (Phi) is 0.744. The zero-order valence-corrected chi connectivity index (χ0v) is 6.89. The van der Waals surface area contributed by atoms with Gasteiger partial charge in [-0.3, -0.25) is 0 Å². The summed E-state index contributed by atoms with van der Waals surface area (Å²) in [6, 6.07) is -2.23. The Balaban J connectivity index is 2.95. The van der Waals surface area contributed by atoms with Crippen LogP contribution in [0.3, 0.4) is 0 Å². The van der Waals surface area contributed by atoms with E-state index in [1.54, 1.807) is 5.32 Å². The molecule has 0 saturated carbocycles. The highest BCUT2D eigenvalue weighted by molar-refractivity contribution is 5.49. The monoisotopic (exact) mass is 199 g/mol. The van der Waals surface area contributed by atoms with Crippen LogP contribution in [0, 0.1) is 11.3 Å². The number of benzene rings is 1. The van der Waals surface area contributed by atoms with Crippen molar-refractivity contribution >= 4 is 5.69 Å². The molecule has 1 aromatic rings. The molecule has 1 aliphatic heterocycles. The number of nitriles is 1. The summed E-state index contributed by atoms with van der Waals surface area (Å²) in [5.41, 5.74) is -1.63. The van der Waals surface area contributed by atoms with Gasteiger partial charge in [0.2, 0.25) is 0 Å². The molecule has 3 heteroatoms. The van der Waals surface area contributed by atoms with Gasteiger partial charge in [0.1, 0.15) is 0 Å². The molecule has 72 valence electrons. The first-order valence-electron chi connectivity index (χ1n) is 9.64. The standard InChI is InChI=1S/C11H13N3/c12-9-10-1-3-11(4-2-10)14-7-5-13-6-8-14/h1-4,13H,5-8H2/i1D,2D,3D,4D,5D2,6D2,7D2,8D2. The maximum absolute atomic E-state index is 8.97. The second-order valence-corrected chi connectivity index (χ2v) is 2.27. The van der Waals surface area contributed by atoms with E-state index in [9.17, 15) is 0 Å². The van der Waals surface area contributed by atoms with E-state index in [2.05, 4.69) is 0 Å². The van der Waals surface area contributed by atoms with Crippen molar-refractivity contribution in [2.75, 3.05) is 30.9 Å². The number of piperazine rings is 1. The van der Waals surface area contributed by atoms with Crippen molar-refractivity contribution in [1.82, 2.24) is 5.32 Å². The van der Waals surface area contributed by atoms with Gasteiger partial charge in [-0.15, -0.1) is 0 Å². The summed E-state index contributed by atoms with van der Waals surface area (Å²) in [5.74, 6) is 0. The van der Waals surface area contributed by atoms with Crippen molar-refractivity contribution in [1.29, 1.82) is 5.26 Å². The molecule has 1 fully saturated rings. The average molecular weight is 199 g/mol. The molecule has 0 aliphatic carbocycles. The molecule has 1 heterocycles. The first-order chi connectivity index (χ1) is 11.5. The third kappa shape index (κ3) is 1.86. The number of anilines is 1. The largest absolute Gasteiger partial charge is 0.369 e. The summed E-state index contributed by atoms with van der Waals surface area (Å²) >= 11 is 0. The lowest BCUT2D eigenvalue weighted by molar-refractivity contribution is 0.589. The first kappa shape index (κ1) is 2.53. The molecule has 0 unspecified atom stereocenters. The first-order valence-corrected chi connectivity index (χ1v) is 3.64. The highest BCUT2D eigenvalue weighted by Gasteiger charge is 2.09. The second-order valence-electron chi connectivity index (χ2n) is 2.27. The van der Waals surface area contributed by atoms with Gasteiger partial charge in [-0.25, -0.2) is 0 Å². The van der Waals surface area contributed by atoms with Crippen LogP contribution in [-0.2, 0) is 0 Å². The Morgan fingerprint density at radius 2 is 2.00 bits per heavy atom. The van der Waals surface area contributed by atoms with Crippen LogP contribution >= 0.6 is 0 Å². The third-order valence-corrected chi connectivity index (χ3v) is 1.41. The zero-order chi connectivity index (χ0) is 20.5. The van der Waals surface area contributed by atoms with Crippen LogP contribution in [0.5, 0.6) is 0 Å². The van der Waals surface area contributed by atoms with Crippen molar-refractivity contribution in [2.24, 2.45) is 0 Å². The van der Waals surface area contributed by atoms with E-state index in [0.717, 1.165) is 0 Å². The maximum Gasteiger partial charge on any atom is 0.0991 e. The number of nitrogens with zero attached hydrogens (tertiary/aromatic N) is 2. The lowest BCUT2D eigenvalue weighted by Crippen LogP contribution is -2.43. The Labute approximate surface area is 101 Å². The van der Waals surface area contributed by atoms with E-state index in [1.807, 2.05) is 0 Å². The molecule has 3 nitrogen and oxygen atoms in total. The van der Waals surface area contributed by atoms with E-state index in [0.29, 0.717) is 0 Å². The predicted molar refractivity (Wildman–Crippen MR) is 56.2 cm³/mol. The average Bonchev–Trinajstić information content (AvgIpc) is 2.47. The van der Waals surface area contributed by atoms with E-state index in [1.165, 1.54) is 6.07 Å². The van der Waals surface area contributed by atoms with Crippen LogP contribution in [0.15, 0.2) is 24.2 Å². The Hall–Kier alpha value is -1.53. The van der Waals surface area contributed by atoms with Crippen LogP contribution in [0.4, 0.5) is 5.69 Å². The molecule has 0 atom stereocenters. The van der Waals surface area contributed by atoms with Crippen molar-refractivity contribution in [3.05, 3.63) is 29.7 Å². The molecule has 1 aromatic carbocycles. The van der Waals surface area contributed by atoms with Crippen molar-refractivity contribution < 1.29 is 16.4 Å². The van der Waals surface area contributed by atoms with Gasteiger partial charge >= 0.3 is 0 Å². The molecular weight excluding hydrogens is 174 g/mol. The number of hydrogen-bond donors (Lipinski definition) is 1. The summed E-state index contributed by atoms with van der Waals surface area (Å²) in [6.45, 7) is -12.9. The summed E-state index contributed by atoms with van der Waals surface area (Å²) in [7, 11) is 0. The van der Waals surface area contributed by atoms with E-state index < -0.39 is 61.4 Å². The minimum absolute atomic E-state index is 0.0710. The van der Waals surface area contributed by atoms with E-state index in [-0.39, 0.29) is 4.90 Å². The Bertz CT molecular complexity index is 757. The zero-order valence-electron chi connectivity index (χ0n) is 18.9. The number of hydrogen-bond acceptors (Lipinski definition) is 3. The van der Waals surface area contributed by atoms with E-state index >= 15 is 0 Å². The number of nitrogens with one attached hydrogen (secondary N) is 1. The predicted octanol–water partition coefficient (Wildman–Crippen LogP) is 0.968. The smallest absolute Gasteiger partial charge is 0.0991 e. The molecule has 2 rings (SSSR count). The van der Waals surface area contributed by atoms with Crippen LogP contribution in [0.2, 0.25) is 0 Å². The minimum atomic E-state index is -3.30. The Morgan fingerprint density at radius 3 is 2.57 bits per heavy atom. The fourth-order valence-corrected chi connectivity index (χ4v) is 0.812. The van der Waals surface area contributed by atoms with Crippen LogP contribution in [-0.4, -0.2) is 26.0 Å². The quantitative estimate of drug-likeness (QED) is 0.732. The van der Waals surface area contributed by atoms with E-state index in [4.69, 9.17) is 21.7 Å². The molecule has 0 bridgehead atoms. The molecule has 0 aromatic heterocycles. The summed E-state index contributed by atoms with van der Waals surface area (Å²) in [5, 5.41) is 10.6. The van der Waals surface area contributed by atoms with Gasteiger partial charge in [0.25, 0.3) is 0 Å². The number of rotatable bonds is 1. The molecular formula is C11H13N3. The van der Waals surface area contributed by atoms with Crippen LogP contribution < -0.4 is 10.2 Å². The molecule has 14 heavy (non-hydrogen) atoms. The summed E-state index contributed by atoms with van der Waals surface area (Å²) in [6.07, 6.45) is 0. The van der Waals surface area contributed by atoms with Gasteiger partial charge in [-0.05, 0) is 24.2 Å². The van der Waals surface area contributed by atoms with Crippen molar-refractivity contribution in [2.45, 2.75) is 0 Å². The highest BCUT2D eigenvalue weighted by atomic mass is 15.2. The fourth-order valence-electron chi connectivity index (χ4n) is 0.812. The molecule has 1 saturated heterocycles. The Morgan fingerprint density at radius 1 is 1.36 bits per heavy atom. The lowest BCUT2D eigenvalue weighted by Gasteiger charge is -2.29. The van der Waals surface area contributed by atoms with Gasteiger partial charge in [0.05, 0.1) is 22.6 Å². The van der Waals surface area contributed by atoms with Crippen molar-refractivity contribution in [3.8, 4) is 6.07 Å². The molecule has 1 N–H and O–H groups in total. The van der Waals surface area contributed by atoms with Gasteiger partial charge in [0, 0.05) is 37.2 Å². The summed E-state index contributed by atoms with van der Waals surface area (Å²) < 4.78 is 94.3. The van der Waals surface area contributed by atoms with Crippen molar-refractivity contribution in [3.63, 3.8) is 0 Å². The summed E-state index contributed by atoms with van der Waals surface area (Å²) in [4.78, 5) is -0.0710. The van der Waals surface area contributed by atoms with Gasteiger partial charge in [0.15, 0.2) is 0 Å². The molecule has 0 amide bonds.